The van der Waals surface area contributed by atoms with Crippen LogP contribution in [0.5, 0.6) is 0 Å². The number of anilines is 1. The molecule has 0 heterocycles. The van der Waals surface area contributed by atoms with Crippen LogP contribution in [0, 0.1) is 0 Å². The molecule has 1 amide bonds. The topological polar surface area (TPSA) is 41.1 Å². The first-order valence-corrected chi connectivity index (χ1v) is 5.78. The highest BCUT2D eigenvalue weighted by atomic mass is 16.1. The zero-order valence-corrected chi connectivity index (χ0v) is 10.2. The Bertz CT molecular complexity index is 330. The van der Waals surface area contributed by atoms with E-state index in [-0.39, 0.29) is 11.9 Å². The maximum absolute atomic E-state index is 11.6. The molecule has 3 nitrogen and oxygen atoms in total. The Morgan fingerprint density at radius 3 is 2.38 bits per heavy atom. The van der Waals surface area contributed by atoms with Crippen LogP contribution in [0.15, 0.2) is 24.3 Å². The molecule has 0 aromatic heterocycles. The number of hydrogen-bond donors (Lipinski definition) is 2. The minimum atomic E-state index is -0.0166. The summed E-state index contributed by atoms with van der Waals surface area (Å²) >= 11 is 0. The van der Waals surface area contributed by atoms with Crippen molar-refractivity contribution in [3.05, 3.63) is 29.8 Å². The number of carbonyl (C=O) groups excluding carboxylic acids is 1. The highest BCUT2D eigenvalue weighted by Crippen LogP contribution is 2.09. The third-order valence-corrected chi connectivity index (χ3v) is 2.15. The minimum absolute atomic E-state index is 0.0166. The van der Waals surface area contributed by atoms with Gasteiger partial charge in [0, 0.05) is 23.8 Å². The van der Waals surface area contributed by atoms with Crippen molar-refractivity contribution in [2.75, 3.05) is 11.9 Å². The number of amides is 1. The lowest BCUT2D eigenvalue weighted by molar-refractivity contribution is 0.0943. The molecule has 0 atom stereocenters. The van der Waals surface area contributed by atoms with Gasteiger partial charge in [-0.2, -0.15) is 0 Å². The molecule has 3 heteroatoms. The summed E-state index contributed by atoms with van der Waals surface area (Å²) in [5.74, 6) is -0.0166. The van der Waals surface area contributed by atoms with Crippen molar-refractivity contribution in [3.8, 4) is 0 Å². The monoisotopic (exact) mass is 220 g/mol. The molecule has 1 rings (SSSR count). The second-order valence-corrected chi connectivity index (χ2v) is 4.13. The molecule has 88 valence electrons. The molecule has 1 aromatic carbocycles. The fourth-order valence-electron chi connectivity index (χ4n) is 1.35. The standard InChI is InChI=1S/C13H20N2O/c1-4-9-14-12-7-5-11(6-8-12)13(16)15-10(2)3/h5-8,10,14H,4,9H2,1-3H3,(H,15,16). The van der Waals surface area contributed by atoms with E-state index in [0.29, 0.717) is 5.56 Å². The predicted molar refractivity (Wildman–Crippen MR) is 67.8 cm³/mol. The van der Waals surface area contributed by atoms with Gasteiger partial charge in [0.2, 0.25) is 0 Å². The van der Waals surface area contributed by atoms with Gasteiger partial charge in [-0.1, -0.05) is 6.92 Å². The van der Waals surface area contributed by atoms with Gasteiger partial charge in [0.15, 0.2) is 0 Å². The number of carbonyl (C=O) groups is 1. The molecule has 16 heavy (non-hydrogen) atoms. The van der Waals surface area contributed by atoms with E-state index in [1.54, 1.807) is 0 Å². The van der Waals surface area contributed by atoms with Crippen molar-refractivity contribution in [1.29, 1.82) is 0 Å². The number of hydrogen-bond acceptors (Lipinski definition) is 2. The Kier molecular flexibility index (Phi) is 4.83. The molecule has 0 spiro atoms. The van der Waals surface area contributed by atoms with Crippen LogP contribution in [-0.2, 0) is 0 Å². The maximum Gasteiger partial charge on any atom is 0.251 e. The van der Waals surface area contributed by atoms with Crippen LogP contribution < -0.4 is 10.6 Å². The van der Waals surface area contributed by atoms with Crippen LogP contribution in [0.4, 0.5) is 5.69 Å². The van der Waals surface area contributed by atoms with Gasteiger partial charge in [-0.3, -0.25) is 4.79 Å². The summed E-state index contributed by atoms with van der Waals surface area (Å²) in [6, 6.07) is 7.73. The Morgan fingerprint density at radius 1 is 1.25 bits per heavy atom. The summed E-state index contributed by atoms with van der Waals surface area (Å²) in [6.45, 7) is 6.99. The number of benzene rings is 1. The lowest BCUT2D eigenvalue weighted by Gasteiger charge is -2.09. The summed E-state index contributed by atoms with van der Waals surface area (Å²) < 4.78 is 0. The van der Waals surface area contributed by atoms with Gasteiger partial charge in [-0.25, -0.2) is 0 Å². The molecular formula is C13H20N2O. The average Bonchev–Trinajstić information content (AvgIpc) is 2.26. The highest BCUT2D eigenvalue weighted by Gasteiger charge is 2.05. The van der Waals surface area contributed by atoms with E-state index < -0.39 is 0 Å². The minimum Gasteiger partial charge on any atom is -0.385 e. The molecule has 2 N–H and O–H groups in total. The van der Waals surface area contributed by atoms with Crippen LogP contribution in [0.1, 0.15) is 37.6 Å². The summed E-state index contributed by atoms with van der Waals surface area (Å²) in [4.78, 5) is 11.6. The second kappa shape index (κ2) is 6.16. The molecule has 0 saturated carbocycles. The molecule has 0 aliphatic rings. The first-order chi connectivity index (χ1) is 7.63. The predicted octanol–water partition coefficient (Wildman–Crippen LogP) is 2.65. The zero-order valence-electron chi connectivity index (χ0n) is 10.2. The van der Waals surface area contributed by atoms with E-state index in [2.05, 4.69) is 17.6 Å². The first-order valence-electron chi connectivity index (χ1n) is 5.78. The zero-order chi connectivity index (χ0) is 12.0. The lowest BCUT2D eigenvalue weighted by atomic mass is 10.2. The van der Waals surface area contributed by atoms with Crippen LogP contribution in [0.2, 0.25) is 0 Å². The van der Waals surface area contributed by atoms with Gasteiger partial charge >= 0.3 is 0 Å². The third-order valence-electron chi connectivity index (χ3n) is 2.15. The van der Waals surface area contributed by atoms with Gasteiger partial charge < -0.3 is 10.6 Å². The number of rotatable bonds is 5. The molecule has 0 saturated heterocycles. The molecule has 0 aliphatic carbocycles. The van der Waals surface area contributed by atoms with Crippen LogP contribution in [0.3, 0.4) is 0 Å². The Balaban J connectivity index is 2.60. The Labute approximate surface area is 97.2 Å². The largest absolute Gasteiger partial charge is 0.385 e. The van der Waals surface area contributed by atoms with Crippen molar-refractivity contribution >= 4 is 11.6 Å². The SMILES string of the molecule is CCCNc1ccc(C(=O)NC(C)C)cc1. The van der Waals surface area contributed by atoms with Gasteiger partial charge in [-0.15, -0.1) is 0 Å². The van der Waals surface area contributed by atoms with E-state index in [1.165, 1.54) is 0 Å². The smallest absolute Gasteiger partial charge is 0.251 e. The molecule has 0 fully saturated rings. The van der Waals surface area contributed by atoms with Crippen LogP contribution >= 0.6 is 0 Å². The maximum atomic E-state index is 11.6. The lowest BCUT2D eigenvalue weighted by Crippen LogP contribution is -2.29. The molecular weight excluding hydrogens is 200 g/mol. The van der Waals surface area contributed by atoms with Gasteiger partial charge in [0.25, 0.3) is 5.91 Å². The fourth-order valence-corrected chi connectivity index (χ4v) is 1.35. The Morgan fingerprint density at radius 2 is 1.88 bits per heavy atom. The van der Waals surface area contributed by atoms with E-state index >= 15 is 0 Å². The van der Waals surface area contributed by atoms with E-state index in [1.807, 2.05) is 38.1 Å². The van der Waals surface area contributed by atoms with Crippen molar-refractivity contribution in [2.45, 2.75) is 33.2 Å². The van der Waals surface area contributed by atoms with E-state index in [9.17, 15) is 4.79 Å². The van der Waals surface area contributed by atoms with Crippen LogP contribution in [0.25, 0.3) is 0 Å². The summed E-state index contributed by atoms with van der Waals surface area (Å²) in [6.07, 6.45) is 1.09. The highest BCUT2D eigenvalue weighted by molar-refractivity contribution is 5.94. The van der Waals surface area contributed by atoms with Crippen molar-refractivity contribution in [1.82, 2.24) is 5.32 Å². The van der Waals surface area contributed by atoms with E-state index in [4.69, 9.17) is 0 Å². The van der Waals surface area contributed by atoms with Crippen molar-refractivity contribution < 1.29 is 4.79 Å². The van der Waals surface area contributed by atoms with Crippen molar-refractivity contribution in [2.24, 2.45) is 0 Å². The summed E-state index contributed by atoms with van der Waals surface area (Å²) in [5.41, 5.74) is 1.76. The summed E-state index contributed by atoms with van der Waals surface area (Å²) in [7, 11) is 0. The molecule has 0 bridgehead atoms. The molecule has 0 radical (unpaired) electrons. The second-order valence-electron chi connectivity index (χ2n) is 4.13. The molecule has 0 unspecified atom stereocenters. The normalized spacial score (nSPS) is 10.2. The van der Waals surface area contributed by atoms with Gasteiger partial charge in [0.1, 0.15) is 0 Å². The fraction of sp³-hybridized carbons (Fsp3) is 0.462. The Hall–Kier alpha value is -1.51. The average molecular weight is 220 g/mol. The van der Waals surface area contributed by atoms with Gasteiger partial charge in [-0.05, 0) is 44.5 Å². The quantitative estimate of drug-likeness (QED) is 0.801. The van der Waals surface area contributed by atoms with Crippen molar-refractivity contribution in [3.63, 3.8) is 0 Å². The first kappa shape index (κ1) is 12.6. The number of nitrogens with one attached hydrogen (secondary N) is 2. The summed E-state index contributed by atoms with van der Waals surface area (Å²) in [5, 5.41) is 6.13. The van der Waals surface area contributed by atoms with Crippen LogP contribution in [-0.4, -0.2) is 18.5 Å². The third kappa shape index (κ3) is 3.93. The van der Waals surface area contributed by atoms with E-state index in [0.717, 1.165) is 18.7 Å². The van der Waals surface area contributed by atoms with Gasteiger partial charge in [0.05, 0.1) is 0 Å². The molecule has 1 aromatic rings. The molecule has 0 aliphatic heterocycles.